The maximum absolute atomic E-state index is 13.5. The fourth-order valence-electron chi connectivity index (χ4n) is 3.75. The van der Waals surface area contributed by atoms with E-state index in [-0.39, 0.29) is 24.0 Å². The van der Waals surface area contributed by atoms with Gasteiger partial charge in [-0.3, -0.25) is 14.3 Å². The lowest BCUT2D eigenvalue weighted by Gasteiger charge is -2.29. The lowest BCUT2D eigenvalue weighted by atomic mass is 10.0. The molecule has 1 N–H and O–H groups in total. The van der Waals surface area contributed by atoms with Crippen molar-refractivity contribution in [2.45, 2.75) is 38.7 Å². The maximum Gasteiger partial charge on any atom is 0.417 e. The highest BCUT2D eigenvalue weighted by molar-refractivity contribution is 7.80. The third kappa shape index (κ3) is 4.36. The van der Waals surface area contributed by atoms with E-state index < -0.39 is 28.7 Å². The van der Waals surface area contributed by atoms with Crippen molar-refractivity contribution in [3.05, 3.63) is 71.4 Å². The topological polar surface area (TPSA) is 98.3 Å². The number of hydrogen-bond donors (Lipinski definition) is 1. The number of aliphatic hydroxyl groups excluding tert-OH is 1. The van der Waals surface area contributed by atoms with Crippen molar-refractivity contribution in [2.75, 3.05) is 4.90 Å². The largest absolute Gasteiger partial charge is 0.417 e. The molecule has 3 heterocycles. The van der Waals surface area contributed by atoms with Crippen LogP contribution in [0.1, 0.15) is 36.2 Å². The summed E-state index contributed by atoms with van der Waals surface area (Å²) in [6.07, 6.45) is 0.00413. The Kier molecular flexibility index (Phi) is 6.08. The molecule has 0 atom stereocenters. The van der Waals surface area contributed by atoms with Crippen LogP contribution < -0.4 is 4.90 Å². The molecule has 1 aliphatic heterocycles. The molecule has 0 saturated carbocycles. The van der Waals surface area contributed by atoms with Gasteiger partial charge in [-0.25, -0.2) is 9.97 Å². The monoisotopic (exact) mass is 500 g/mol. The van der Waals surface area contributed by atoms with E-state index in [0.29, 0.717) is 11.5 Å². The molecule has 0 unspecified atom stereocenters. The second kappa shape index (κ2) is 8.75. The van der Waals surface area contributed by atoms with Gasteiger partial charge in [0.15, 0.2) is 5.11 Å². The molecule has 3 aromatic rings. The molecule has 1 amide bonds. The summed E-state index contributed by atoms with van der Waals surface area (Å²) >= 11 is 5.51. The molecule has 1 saturated heterocycles. The summed E-state index contributed by atoms with van der Waals surface area (Å²) in [5.41, 5.74) is -1.65. The zero-order chi connectivity index (χ0) is 25.5. The van der Waals surface area contributed by atoms with Gasteiger partial charge < -0.3 is 10.0 Å². The highest BCUT2D eigenvalue weighted by Gasteiger charge is 2.49. The number of thiocarbonyl (C=S) groups is 1. The number of aliphatic hydroxyl groups is 1. The van der Waals surface area contributed by atoms with Crippen LogP contribution in [0.15, 0.2) is 49.1 Å². The van der Waals surface area contributed by atoms with E-state index in [9.17, 15) is 18.0 Å². The molecule has 180 valence electrons. The minimum Gasteiger partial charge on any atom is -0.390 e. The van der Waals surface area contributed by atoms with E-state index >= 15 is 0 Å². The number of amides is 1. The summed E-state index contributed by atoms with van der Waals surface area (Å²) in [5, 5.41) is 18.3. The van der Waals surface area contributed by atoms with E-state index in [4.69, 9.17) is 22.6 Å². The minimum absolute atomic E-state index is 0.0455. The number of nitriles is 1. The van der Waals surface area contributed by atoms with Crippen LogP contribution in [-0.4, -0.2) is 41.1 Å². The fraction of sp³-hybridized carbons (Fsp3) is 0.261. The SMILES string of the molecule is CC1(C)C(=O)N(c2ccc(C#N)c(C(F)(F)F)c2)C(=S)N1Cc1ccc(-n2cnc(CO)c2)nc1. The lowest BCUT2D eigenvalue weighted by Crippen LogP contribution is -2.43. The average molecular weight is 501 g/mol. The Labute approximate surface area is 203 Å². The molecule has 8 nitrogen and oxygen atoms in total. The molecule has 1 aromatic carbocycles. The van der Waals surface area contributed by atoms with Crippen molar-refractivity contribution in [2.24, 2.45) is 0 Å². The van der Waals surface area contributed by atoms with Gasteiger partial charge in [0.2, 0.25) is 0 Å². The molecule has 0 spiro atoms. The molecule has 1 aliphatic rings. The van der Waals surface area contributed by atoms with Crippen LogP contribution >= 0.6 is 12.2 Å². The van der Waals surface area contributed by atoms with Crippen molar-refractivity contribution in [3.8, 4) is 11.9 Å². The molecule has 4 rings (SSSR count). The smallest absolute Gasteiger partial charge is 0.390 e. The first-order valence-electron chi connectivity index (χ1n) is 10.3. The standard InChI is InChI=1S/C23H19F3N6O2S/c1-22(2)20(34)32(17-5-4-15(8-27)18(7-17)23(24,25)26)21(35)31(22)10-14-3-6-19(28-9-14)30-11-16(12-33)29-13-30/h3-7,9,11,13,33H,10,12H2,1-2H3. The van der Waals surface area contributed by atoms with E-state index in [1.165, 1.54) is 18.5 Å². The molecule has 1 fully saturated rings. The number of rotatable bonds is 5. The summed E-state index contributed by atoms with van der Waals surface area (Å²) in [6.45, 7) is 3.27. The number of halogens is 3. The molecular weight excluding hydrogens is 481 g/mol. The zero-order valence-electron chi connectivity index (χ0n) is 18.6. The maximum atomic E-state index is 13.5. The second-order valence-corrected chi connectivity index (χ2v) is 8.73. The van der Waals surface area contributed by atoms with Crippen molar-refractivity contribution < 1.29 is 23.1 Å². The molecule has 35 heavy (non-hydrogen) atoms. The van der Waals surface area contributed by atoms with Crippen molar-refractivity contribution in [1.82, 2.24) is 19.4 Å². The second-order valence-electron chi connectivity index (χ2n) is 8.36. The number of carbonyl (C=O) groups is 1. The van der Waals surface area contributed by atoms with Gasteiger partial charge in [0.05, 0.1) is 35.2 Å². The lowest BCUT2D eigenvalue weighted by molar-refractivity contribution is -0.137. The van der Waals surface area contributed by atoms with Gasteiger partial charge in [-0.05, 0) is 55.9 Å². The third-order valence-electron chi connectivity index (χ3n) is 5.72. The number of pyridine rings is 1. The highest BCUT2D eigenvalue weighted by Crippen LogP contribution is 2.38. The van der Waals surface area contributed by atoms with Crippen LogP contribution in [0.5, 0.6) is 0 Å². The van der Waals surface area contributed by atoms with Crippen LogP contribution in [0.25, 0.3) is 5.82 Å². The van der Waals surface area contributed by atoms with E-state index in [1.807, 2.05) is 0 Å². The van der Waals surface area contributed by atoms with Crippen molar-refractivity contribution in [3.63, 3.8) is 0 Å². The number of benzene rings is 1. The van der Waals surface area contributed by atoms with Crippen LogP contribution in [0.2, 0.25) is 0 Å². The van der Waals surface area contributed by atoms with Crippen LogP contribution in [0, 0.1) is 11.3 Å². The van der Waals surface area contributed by atoms with E-state index in [0.717, 1.165) is 22.6 Å². The first-order chi connectivity index (χ1) is 16.5. The van der Waals surface area contributed by atoms with Gasteiger partial charge in [-0.15, -0.1) is 0 Å². The van der Waals surface area contributed by atoms with Crippen molar-refractivity contribution >= 4 is 28.9 Å². The van der Waals surface area contributed by atoms with Gasteiger partial charge in [0.25, 0.3) is 5.91 Å². The highest BCUT2D eigenvalue weighted by atomic mass is 32.1. The summed E-state index contributed by atoms with van der Waals surface area (Å²) in [6, 6.07) is 8.13. The first kappa shape index (κ1) is 24.3. The molecule has 12 heteroatoms. The summed E-state index contributed by atoms with van der Waals surface area (Å²) < 4.78 is 42.0. The molecule has 0 radical (unpaired) electrons. The van der Waals surface area contributed by atoms with Crippen LogP contribution in [0.4, 0.5) is 18.9 Å². The van der Waals surface area contributed by atoms with Crippen LogP contribution in [0.3, 0.4) is 0 Å². The quantitative estimate of drug-likeness (QED) is 0.535. The summed E-state index contributed by atoms with van der Waals surface area (Å²) in [5.74, 6) is 0.0824. The molecule has 0 aliphatic carbocycles. The van der Waals surface area contributed by atoms with Gasteiger partial charge in [-0.1, -0.05) is 6.07 Å². The number of nitrogens with zero attached hydrogens (tertiary/aromatic N) is 6. The zero-order valence-corrected chi connectivity index (χ0v) is 19.4. The molecule has 2 aromatic heterocycles. The normalized spacial score (nSPS) is 15.6. The predicted molar refractivity (Wildman–Crippen MR) is 123 cm³/mol. The Bertz CT molecular complexity index is 1340. The Hall–Kier alpha value is -3.82. The van der Waals surface area contributed by atoms with Crippen molar-refractivity contribution in [1.29, 1.82) is 5.26 Å². The molecule has 0 bridgehead atoms. The number of anilines is 1. The number of carbonyl (C=O) groups excluding carboxylic acids is 1. The number of alkyl halides is 3. The summed E-state index contributed by atoms with van der Waals surface area (Å²) in [7, 11) is 0. The van der Waals surface area contributed by atoms with Gasteiger partial charge in [0.1, 0.15) is 17.7 Å². The molecular formula is C23H19F3N6O2S. The average Bonchev–Trinajstić information content (AvgIpc) is 3.36. The number of aromatic nitrogens is 3. The first-order valence-corrected chi connectivity index (χ1v) is 10.7. The Morgan fingerprint density at radius 1 is 1.20 bits per heavy atom. The number of imidazole rings is 1. The van der Waals surface area contributed by atoms with Crippen LogP contribution in [-0.2, 0) is 24.1 Å². The van der Waals surface area contributed by atoms with Gasteiger partial charge in [0, 0.05) is 18.9 Å². The Morgan fingerprint density at radius 2 is 1.94 bits per heavy atom. The predicted octanol–water partition coefficient (Wildman–Crippen LogP) is 3.56. The Morgan fingerprint density at radius 3 is 2.51 bits per heavy atom. The fourth-order valence-corrected chi connectivity index (χ4v) is 4.23. The third-order valence-corrected chi connectivity index (χ3v) is 6.13. The van der Waals surface area contributed by atoms with Gasteiger partial charge >= 0.3 is 6.18 Å². The number of hydrogen-bond acceptors (Lipinski definition) is 6. The summed E-state index contributed by atoms with van der Waals surface area (Å²) in [4.78, 5) is 24.3. The minimum atomic E-state index is -4.76. The van der Waals surface area contributed by atoms with E-state index in [1.54, 1.807) is 47.8 Å². The Balaban J connectivity index is 1.62. The van der Waals surface area contributed by atoms with Gasteiger partial charge in [-0.2, -0.15) is 18.4 Å². The van der Waals surface area contributed by atoms with E-state index in [2.05, 4.69) is 9.97 Å².